The van der Waals surface area contributed by atoms with Crippen molar-refractivity contribution in [1.29, 1.82) is 0 Å². The molecule has 2 aliphatic carbocycles. The van der Waals surface area contributed by atoms with E-state index in [4.69, 9.17) is 14.2 Å². The van der Waals surface area contributed by atoms with Gasteiger partial charge in [-0.15, -0.1) is 0 Å². The van der Waals surface area contributed by atoms with Crippen molar-refractivity contribution >= 4 is 44.6 Å². The molecule has 18 heteroatoms. The van der Waals surface area contributed by atoms with E-state index in [0.717, 1.165) is 0 Å². The van der Waals surface area contributed by atoms with Crippen LogP contribution < -0.4 is 24.8 Å². The van der Waals surface area contributed by atoms with Gasteiger partial charge in [0.2, 0.25) is 33.3 Å². The van der Waals surface area contributed by atoms with Gasteiger partial charge in [0.1, 0.15) is 29.5 Å². The number of hydrogen-bond acceptors (Lipinski definition) is 10. The van der Waals surface area contributed by atoms with Crippen molar-refractivity contribution in [3.05, 3.63) is 42.6 Å². The van der Waals surface area contributed by atoms with E-state index in [1.165, 1.54) is 11.1 Å². The summed E-state index contributed by atoms with van der Waals surface area (Å²) in [5.41, 5.74) is -4.53. The van der Waals surface area contributed by atoms with E-state index in [1.807, 2.05) is 32.1 Å². The van der Waals surface area contributed by atoms with Gasteiger partial charge in [0.25, 0.3) is 5.91 Å². The zero-order chi connectivity index (χ0) is 43.1. The van der Waals surface area contributed by atoms with Gasteiger partial charge in [-0.25, -0.2) is 18.2 Å². The number of rotatable bonds is 10. The Labute approximate surface area is 342 Å². The second-order valence-electron chi connectivity index (χ2n) is 17.1. The number of sulfonamides is 1. The minimum Gasteiger partial charge on any atom is -0.492 e. The van der Waals surface area contributed by atoms with E-state index in [2.05, 4.69) is 20.3 Å². The minimum atomic E-state index is -4.91. The van der Waals surface area contributed by atoms with Crippen LogP contribution in [0.5, 0.6) is 11.6 Å². The SMILES string of the molecule is CCOc1cnc(O[C@@H]2C[C@H]3C(=O)N[C@]4(C(=O)NS(=O)(=O)C5(C)CC5)C[C@H]4C=CCC[C@@H](C)C[C@@H](CC)[C@H](NC(=O)OC(C)(C)C(F)(F)F)C(=O)N3C2)c2ccccc12. The first-order chi connectivity index (χ1) is 27.6. The van der Waals surface area contributed by atoms with Crippen molar-refractivity contribution in [3.8, 4) is 11.6 Å². The molecule has 2 saturated carbocycles. The van der Waals surface area contributed by atoms with Crippen LogP contribution in [0.15, 0.2) is 42.6 Å². The third-order valence-corrected chi connectivity index (χ3v) is 14.4. The lowest BCUT2D eigenvalue weighted by Gasteiger charge is -2.35. The van der Waals surface area contributed by atoms with Gasteiger partial charge in [0.05, 0.1) is 24.1 Å². The van der Waals surface area contributed by atoms with Gasteiger partial charge >= 0.3 is 12.3 Å². The van der Waals surface area contributed by atoms with E-state index in [9.17, 15) is 40.8 Å². The van der Waals surface area contributed by atoms with Crippen LogP contribution >= 0.6 is 0 Å². The lowest BCUT2D eigenvalue weighted by molar-refractivity contribution is -0.244. The third kappa shape index (κ3) is 9.11. The van der Waals surface area contributed by atoms with E-state index in [1.54, 1.807) is 32.1 Å². The average Bonchev–Trinajstić information content (AvgIpc) is 4.04. The number of nitrogens with zero attached hydrogens (tertiary/aromatic N) is 2. The van der Waals surface area contributed by atoms with Crippen LogP contribution in [0.1, 0.15) is 92.9 Å². The van der Waals surface area contributed by atoms with Crippen LogP contribution in [0.2, 0.25) is 0 Å². The largest absolute Gasteiger partial charge is 0.492 e. The predicted octanol–water partition coefficient (Wildman–Crippen LogP) is 5.69. The highest BCUT2D eigenvalue weighted by Crippen LogP contribution is 2.48. The number of carbonyl (C=O) groups excluding carboxylic acids is 4. The Hall–Kier alpha value is -4.61. The number of carbonyl (C=O) groups is 4. The number of nitrogens with one attached hydrogen (secondary N) is 3. The topological polar surface area (TPSA) is 182 Å². The molecule has 2 aliphatic heterocycles. The molecule has 2 aromatic rings. The fourth-order valence-corrected chi connectivity index (χ4v) is 9.24. The van der Waals surface area contributed by atoms with Crippen molar-refractivity contribution in [3.63, 3.8) is 0 Å². The summed E-state index contributed by atoms with van der Waals surface area (Å²) in [6.45, 7) is 8.72. The number of aromatic nitrogens is 1. The number of alkyl carbamates (subject to hydrolysis) is 1. The summed E-state index contributed by atoms with van der Waals surface area (Å²) in [5, 5.41) is 6.56. The Kier molecular flexibility index (Phi) is 12.3. The summed E-state index contributed by atoms with van der Waals surface area (Å²) in [5.74, 6) is -2.87. The summed E-state index contributed by atoms with van der Waals surface area (Å²) < 4.78 is 86.0. The maximum absolute atomic E-state index is 14.9. The van der Waals surface area contributed by atoms with Gasteiger partial charge in [-0.1, -0.05) is 50.6 Å². The number of benzene rings is 1. The summed E-state index contributed by atoms with van der Waals surface area (Å²) >= 11 is 0. The Bertz CT molecular complexity index is 2090. The molecule has 0 spiro atoms. The first-order valence-electron chi connectivity index (χ1n) is 20.2. The average molecular weight is 850 g/mol. The molecule has 7 atom stereocenters. The van der Waals surface area contributed by atoms with Crippen molar-refractivity contribution in [1.82, 2.24) is 25.2 Å². The number of alkyl halides is 3. The van der Waals surface area contributed by atoms with Gasteiger partial charge in [-0.2, -0.15) is 13.2 Å². The molecular weight excluding hydrogens is 796 g/mol. The highest BCUT2D eigenvalue weighted by atomic mass is 32.2. The van der Waals surface area contributed by atoms with E-state index < -0.39 is 85.9 Å². The normalized spacial score (nSPS) is 28.6. The smallest absolute Gasteiger partial charge is 0.427 e. The molecule has 0 radical (unpaired) electrons. The molecule has 59 heavy (non-hydrogen) atoms. The van der Waals surface area contributed by atoms with Crippen LogP contribution in [-0.4, -0.2) is 95.5 Å². The van der Waals surface area contributed by atoms with E-state index in [-0.39, 0.29) is 31.2 Å². The van der Waals surface area contributed by atoms with Gasteiger partial charge in [0.15, 0.2) is 0 Å². The zero-order valence-electron chi connectivity index (χ0n) is 34.2. The molecule has 324 valence electrons. The highest BCUT2D eigenvalue weighted by Gasteiger charge is 2.63. The van der Waals surface area contributed by atoms with Gasteiger partial charge in [-0.05, 0) is 84.1 Å². The Morgan fingerprint density at radius 3 is 2.42 bits per heavy atom. The molecule has 1 saturated heterocycles. The van der Waals surface area contributed by atoms with Gasteiger partial charge in [-0.3, -0.25) is 19.1 Å². The van der Waals surface area contributed by atoms with Crippen LogP contribution in [0, 0.1) is 17.8 Å². The van der Waals surface area contributed by atoms with Crippen molar-refractivity contribution in [2.45, 2.75) is 133 Å². The Morgan fingerprint density at radius 1 is 1.08 bits per heavy atom. The zero-order valence-corrected chi connectivity index (χ0v) is 35.0. The number of ether oxygens (including phenoxy) is 3. The maximum Gasteiger partial charge on any atom is 0.427 e. The van der Waals surface area contributed by atoms with Crippen LogP contribution in [0.3, 0.4) is 0 Å². The number of halogens is 3. The van der Waals surface area contributed by atoms with Crippen molar-refractivity contribution in [2.24, 2.45) is 17.8 Å². The van der Waals surface area contributed by atoms with Gasteiger partial charge < -0.3 is 29.7 Å². The number of hydrogen-bond donors (Lipinski definition) is 3. The standard InChI is InChI=1S/C41H54F3N5O9S/c1-7-25-19-24(3)13-9-10-14-26-21-40(26,36(52)48-59(54,55)39(6)17-18-39)47-33(50)30-20-27(57-34-29-16-12-11-15-28(29)31(22-45-34)56-8-2)23-49(30)35(51)32(25)46-37(53)58-38(4,5)41(42,43)44/h10-12,14-16,22,24-27,30,32H,7-9,13,17-21,23H2,1-6H3,(H,46,53)(H,47,50)(H,48,52)/t24-,25-,26-,27-,30+,32+,40-/m1/s1. The first kappa shape index (κ1) is 44.0. The molecular formula is C41H54F3N5O9S. The third-order valence-electron chi connectivity index (χ3n) is 12.2. The lowest BCUT2D eigenvalue weighted by Crippen LogP contribution is -2.60. The van der Waals surface area contributed by atoms with Crippen molar-refractivity contribution < 1.29 is 55.0 Å². The summed E-state index contributed by atoms with van der Waals surface area (Å²) in [7, 11) is -4.08. The second-order valence-corrected chi connectivity index (χ2v) is 19.3. The fourth-order valence-electron chi connectivity index (χ4n) is 7.92. The quantitative estimate of drug-likeness (QED) is 0.251. The predicted molar refractivity (Wildman–Crippen MR) is 211 cm³/mol. The number of allylic oxidation sites excluding steroid dienone is 1. The summed E-state index contributed by atoms with van der Waals surface area (Å²) in [6.07, 6.45) is 0.586. The fraction of sp³-hybridized carbons (Fsp3) is 0.634. The molecule has 4 aliphatic rings. The molecule has 6 rings (SSSR count). The summed E-state index contributed by atoms with van der Waals surface area (Å²) in [4.78, 5) is 62.4. The van der Waals surface area contributed by atoms with Crippen molar-refractivity contribution in [2.75, 3.05) is 13.2 Å². The van der Waals surface area contributed by atoms with E-state index in [0.29, 0.717) is 75.5 Å². The Morgan fingerprint density at radius 2 is 1.78 bits per heavy atom. The molecule has 0 unspecified atom stereocenters. The van der Waals surface area contributed by atoms with Gasteiger partial charge in [0, 0.05) is 23.1 Å². The Balaban J connectivity index is 1.37. The van der Waals surface area contributed by atoms with Crippen LogP contribution in [-0.2, 0) is 29.1 Å². The highest BCUT2D eigenvalue weighted by molar-refractivity contribution is 7.91. The molecule has 4 amide bonds. The molecule has 14 nitrogen and oxygen atoms in total. The molecule has 1 aromatic carbocycles. The number of amides is 4. The first-order valence-corrected chi connectivity index (χ1v) is 21.7. The van der Waals surface area contributed by atoms with Crippen LogP contribution in [0.25, 0.3) is 10.8 Å². The molecule has 3 heterocycles. The maximum atomic E-state index is 14.9. The molecule has 1 aromatic heterocycles. The minimum absolute atomic E-state index is 0.0321. The molecule has 3 fully saturated rings. The summed E-state index contributed by atoms with van der Waals surface area (Å²) in [6, 6.07) is 4.49. The molecule has 0 bridgehead atoms. The van der Waals surface area contributed by atoms with E-state index >= 15 is 0 Å². The number of pyridine rings is 1. The number of fused-ring (bicyclic) bond motifs is 3. The lowest BCUT2D eigenvalue weighted by atomic mass is 9.85. The second kappa shape index (κ2) is 16.4. The monoisotopic (exact) mass is 849 g/mol. The van der Waals surface area contributed by atoms with Crippen LogP contribution in [0.4, 0.5) is 18.0 Å². The molecule has 3 N–H and O–H groups in total.